The number of carbonyl (C=O) groups is 1. The molecule has 0 aliphatic heterocycles. The molecule has 0 spiro atoms. The Bertz CT molecular complexity index is 709. The minimum absolute atomic E-state index is 0.129. The van der Waals surface area contributed by atoms with Gasteiger partial charge >= 0.3 is 5.97 Å². The second-order valence-corrected chi connectivity index (χ2v) is 6.41. The normalized spacial score (nSPS) is 20.9. The van der Waals surface area contributed by atoms with E-state index in [2.05, 4.69) is 11.5 Å². The Hall–Kier alpha value is -1.84. The highest BCUT2D eigenvalue weighted by molar-refractivity contribution is 6.01. The molecule has 0 bridgehead atoms. The molecule has 4 heteroatoms. The molecule has 1 heterocycles. The molecule has 2 saturated carbocycles. The van der Waals surface area contributed by atoms with E-state index in [0.29, 0.717) is 17.0 Å². The molecule has 0 saturated heterocycles. The zero-order valence-corrected chi connectivity index (χ0v) is 11.6. The molecule has 2 aromatic rings. The fraction of sp³-hybridized carbons (Fsp3) is 0.500. The quantitative estimate of drug-likeness (QED) is 0.928. The summed E-state index contributed by atoms with van der Waals surface area (Å²) in [7, 11) is 0. The lowest BCUT2D eigenvalue weighted by Gasteiger charge is -2.41. The largest absolute Gasteiger partial charge is 0.478 e. The van der Waals surface area contributed by atoms with Crippen LogP contribution < -0.4 is 0 Å². The van der Waals surface area contributed by atoms with E-state index >= 15 is 0 Å². The highest BCUT2D eigenvalue weighted by Gasteiger charge is 2.40. The molecule has 20 heavy (non-hydrogen) atoms. The molecule has 0 radical (unpaired) electrons. The number of benzene rings is 1. The number of carboxylic acids is 1. The van der Waals surface area contributed by atoms with Gasteiger partial charge in [-0.3, -0.25) is 0 Å². The smallest absolute Gasteiger partial charge is 0.337 e. The number of para-hydroxylation sites is 1. The zero-order chi connectivity index (χ0) is 13.9. The number of rotatable bonds is 3. The van der Waals surface area contributed by atoms with Crippen molar-refractivity contribution < 1.29 is 9.90 Å². The van der Waals surface area contributed by atoms with E-state index < -0.39 is 5.97 Å². The minimum atomic E-state index is -0.888. The van der Waals surface area contributed by atoms with Crippen molar-refractivity contribution >= 4 is 17.0 Å². The van der Waals surface area contributed by atoms with Crippen LogP contribution in [0.4, 0.5) is 0 Å². The van der Waals surface area contributed by atoms with Crippen molar-refractivity contribution in [3.8, 4) is 0 Å². The molecule has 2 fully saturated rings. The third-order valence-corrected chi connectivity index (χ3v) is 4.85. The van der Waals surface area contributed by atoms with Crippen molar-refractivity contribution in [2.24, 2.45) is 0 Å². The number of aromatic carboxylic acids is 1. The Labute approximate surface area is 117 Å². The third-order valence-electron chi connectivity index (χ3n) is 4.85. The summed E-state index contributed by atoms with van der Waals surface area (Å²) < 4.78 is 2.34. The summed E-state index contributed by atoms with van der Waals surface area (Å²) in [6.45, 7) is 2.27. The van der Waals surface area contributed by atoms with Crippen molar-refractivity contribution in [1.29, 1.82) is 0 Å². The Morgan fingerprint density at radius 3 is 2.70 bits per heavy atom. The molecule has 0 amide bonds. The zero-order valence-electron chi connectivity index (χ0n) is 11.6. The van der Waals surface area contributed by atoms with Gasteiger partial charge in [0.05, 0.1) is 11.1 Å². The average molecular weight is 270 g/mol. The van der Waals surface area contributed by atoms with E-state index in [1.165, 1.54) is 19.3 Å². The predicted molar refractivity (Wildman–Crippen MR) is 76.2 cm³/mol. The van der Waals surface area contributed by atoms with E-state index in [0.717, 1.165) is 24.2 Å². The summed E-state index contributed by atoms with van der Waals surface area (Å²) >= 11 is 0. The van der Waals surface area contributed by atoms with Gasteiger partial charge in [-0.1, -0.05) is 6.07 Å². The number of carboxylic acid groups (broad SMARTS) is 1. The molecule has 1 aromatic heterocycles. The summed E-state index contributed by atoms with van der Waals surface area (Å²) in [5.41, 5.74) is 2.11. The summed E-state index contributed by atoms with van der Waals surface area (Å²) in [4.78, 5) is 16.1. The second-order valence-electron chi connectivity index (χ2n) is 6.41. The third kappa shape index (κ3) is 1.54. The van der Waals surface area contributed by atoms with Crippen LogP contribution in [0.5, 0.6) is 0 Å². The number of hydrogen-bond donors (Lipinski definition) is 1. The van der Waals surface area contributed by atoms with Gasteiger partial charge in [0.2, 0.25) is 0 Å². The number of nitrogens with zero attached hydrogens (tertiary/aromatic N) is 2. The van der Waals surface area contributed by atoms with Gasteiger partial charge in [0.25, 0.3) is 0 Å². The Kier molecular flexibility index (Phi) is 2.29. The predicted octanol–water partition coefficient (Wildman–Crippen LogP) is 3.51. The van der Waals surface area contributed by atoms with Gasteiger partial charge in [-0.05, 0) is 51.2 Å². The maximum atomic E-state index is 11.4. The molecule has 2 aliphatic carbocycles. The monoisotopic (exact) mass is 270 g/mol. The van der Waals surface area contributed by atoms with Gasteiger partial charge in [-0.15, -0.1) is 0 Å². The first-order valence-corrected chi connectivity index (χ1v) is 7.35. The van der Waals surface area contributed by atoms with Gasteiger partial charge in [0.1, 0.15) is 11.3 Å². The minimum Gasteiger partial charge on any atom is -0.478 e. The van der Waals surface area contributed by atoms with Gasteiger partial charge in [0.15, 0.2) is 0 Å². The molecular weight excluding hydrogens is 252 g/mol. The highest BCUT2D eigenvalue weighted by Crippen LogP contribution is 2.47. The van der Waals surface area contributed by atoms with Crippen LogP contribution in [0.2, 0.25) is 0 Å². The van der Waals surface area contributed by atoms with Crippen LogP contribution in [0.1, 0.15) is 61.1 Å². The Morgan fingerprint density at radius 1 is 1.40 bits per heavy atom. The van der Waals surface area contributed by atoms with Crippen LogP contribution in [0.15, 0.2) is 18.2 Å². The topological polar surface area (TPSA) is 55.1 Å². The molecule has 4 nitrogen and oxygen atoms in total. The van der Waals surface area contributed by atoms with E-state index in [1.54, 1.807) is 6.07 Å². The van der Waals surface area contributed by atoms with Crippen LogP contribution >= 0.6 is 0 Å². The summed E-state index contributed by atoms with van der Waals surface area (Å²) in [5, 5.41) is 9.36. The van der Waals surface area contributed by atoms with Gasteiger partial charge in [-0.25, -0.2) is 9.78 Å². The maximum absolute atomic E-state index is 11.4. The van der Waals surface area contributed by atoms with Gasteiger partial charge in [-0.2, -0.15) is 0 Å². The van der Waals surface area contributed by atoms with E-state index in [-0.39, 0.29) is 5.54 Å². The van der Waals surface area contributed by atoms with Crippen LogP contribution in [0.3, 0.4) is 0 Å². The summed E-state index contributed by atoms with van der Waals surface area (Å²) in [5.74, 6) is 0.749. The van der Waals surface area contributed by atoms with Crippen molar-refractivity contribution in [3.05, 3.63) is 29.6 Å². The highest BCUT2D eigenvalue weighted by atomic mass is 16.4. The van der Waals surface area contributed by atoms with Crippen molar-refractivity contribution in [2.75, 3.05) is 0 Å². The van der Waals surface area contributed by atoms with Crippen molar-refractivity contribution in [1.82, 2.24) is 9.55 Å². The maximum Gasteiger partial charge on any atom is 0.337 e. The average Bonchev–Trinajstić information content (AvgIpc) is 3.15. The molecule has 1 aromatic carbocycles. The van der Waals surface area contributed by atoms with E-state index in [1.807, 2.05) is 12.1 Å². The van der Waals surface area contributed by atoms with Crippen LogP contribution in [-0.2, 0) is 5.54 Å². The first-order chi connectivity index (χ1) is 9.60. The number of hydrogen-bond acceptors (Lipinski definition) is 2. The Balaban J connectivity index is 2.02. The Morgan fingerprint density at radius 2 is 2.15 bits per heavy atom. The fourth-order valence-corrected chi connectivity index (χ4v) is 3.38. The lowest BCUT2D eigenvalue weighted by atomic mass is 9.78. The first-order valence-electron chi connectivity index (χ1n) is 7.35. The summed E-state index contributed by atoms with van der Waals surface area (Å²) in [6.07, 6.45) is 5.94. The van der Waals surface area contributed by atoms with Crippen molar-refractivity contribution in [3.63, 3.8) is 0 Å². The van der Waals surface area contributed by atoms with E-state index in [9.17, 15) is 9.90 Å². The van der Waals surface area contributed by atoms with Crippen LogP contribution in [0, 0.1) is 0 Å². The molecule has 104 valence electrons. The first kappa shape index (κ1) is 11.9. The SMILES string of the molecule is CC1(n2c(C3CC3)nc3c(C(=O)O)cccc32)CCC1. The standard InChI is InChI=1S/C16H18N2O2/c1-16(8-3-9-16)18-12-5-2-4-11(15(19)20)13(12)17-14(18)10-6-7-10/h2,4-5,10H,3,6-9H2,1H3,(H,19,20). The molecule has 0 atom stereocenters. The second kappa shape index (κ2) is 3.84. The van der Waals surface area contributed by atoms with Crippen LogP contribution in [0.25, 0.3) is 11.0 Å². The molecule has 0 unspecified atom stereocenters. The van der Waals surface area contributed by atoms with Crippen molar-refractivity contribution in [2.45, 2.75) is 50.5 Å². The fourth-order valence-electron chi connectivity index (χ4n) is 3.38. The van der Waals surface area contributed by atoms with Crippen LogP contribution in [-0.4, -0.2) is 20.6 Å². The molecular formula is C16H18N2O2. The molecule has 1 N–H and O–H groups in total. The summed E-state index contributed by atoms with van der Waals surface area (Å²) in [6, 6.07) is 5.51. The lowest BCUT2D eigenvalue weighted by molar-refractivity contribution is 0.0699. The lowest BCUT2D eigenvalue weighted by Crippen LogP contribution is -2.38. The number of imidazole rings is 1. The number of aromatic nitrogens is 2. The van der Waals surface area contributed by atoms with E-state index in [4.69, 9.17) is 4.98 Å². The number of fused-ring (bicyclic) bond motifs is 1. The molecule has 2 aliphatic rings. The van der Waals surface area contributed by atoms with Gasteiger partial charge < -0.3 is 9.67 Å². The van der Waals surface area contributed by atoms with Gasteiger partial charge in [0, 0.05) is 11.5 Å². The molecule has 4 rings (SSSR count).